The number of rotatable bonds is 2. The zero-order valence-electron chi connectivity index (χ0n) is 9.29. The molecule has 0 spiro atoms. The Kier molecular flexibility index (Phi) is 2.30. The Morgan fingerprint density at radius 1 is 1.28 bits per heavy atom. The number of carbonyl (C=O) groups is 1. The van der Waals surface area contributed by atoms with Crippen molar-refractivity contribution in [2.45, 2.75) is 0 Å². The second-order valence-corrected chi connectivity index (χ2v) is 3.87. The van der Waals surface area contributed by atoms with E-state index in [-0.39, 0.29) is 5.69 Å². The van der Waals surface area contributed by atoms with E-state index < -0.39 is 5.97 Å². The van der Waals surface area contributed by atoms with E-state index in [1.54, 1.807) is 12.4 Å². The zero-order chi connectivity index (χ0) is 12.5. The van der Waals surface area contributed by atoms with Gasteiger partial charge in [0.1, 0.15) is 5.69 Å². The summed E-state index contributed by atoms with van der Waals surface area (Å²) in [6.07, 6.45) is 3.47. The maximum Gasteiger partial charge on any atom is 0.353 e. The Balaban J connectivity index is 2.21. The molecule has 0 atom stereocenters. The molecule has 88 valence electrons. The van der Waals surface area contributed by atoms with Crippen molar-refractivity contribution >= 4 is 16.7 Å². The van der Waals surface area contributed by atoms with Gasteiger partial charge in [-0.1, -0.05) is 18.2 Å². The van der Waals surface area contributed by atoms with Crippen LogP contribution in [-0.4, -0.2) is 26.3 Å². The Bertz CT molecular complexity index is 728. The molecule has 0 aliphatic carbocycles. The largest absolute Gasteiger partial charge is 0.477 e. The molecule has 0 saturated heterocycles. The van der Waals surface area contributed by atoms with Gasteiger partial charge in [0.25, 0.3) is 0 Å². The Hall–Kier alpha value is -2.69. The van der Waals surface area contributed by atoms with Crippen LogP contribution in [0, 0.1) is 0 Å². The molecule has 18 heavy (non-hydrogen) atoms. The molecule has 0 unspecified atom stereocenters. The normalized spacial score (nSPS) is 10.7. The maximum absolute atomic E-state index is 10.8. The monoisotopic (exact) mass is 239 g/mol. The number of aromatic amines is 1. The van der Waals surface area contributed by atoms with Crippen LogP contribution >= 0.6 is 0 Å². The average Bonchev–Trinajstić information content (AvgIpc) is 2.87. The second-order valence-electron chi connectivity index (χ2n) is 3.87. The van der Waals surface area contributed by atoms with E-state index >= 15 is 0 Å². The van der Waals surface area contributed by atoms with Crippen molar-refractivity contribution in [1.29, 1.82) is 0 Å². The number of H-pyrrole nitrogens is 1. The number of hydrogen-bond acceptors (Lipinski definition) is 3. The van der Waals surface area contributed by atoms with Crippen LogP contribution in [0.15, 0.2) is 42.7 Å². The highest BCUT2D eigenvalue weighted by Crippen LogP contribution is 2.26. The van der Waals surface area contributed by atoms with Gasteiger partial charge in [0.2, 0.25) is 0 Å². The average molecular weight is 239 g/mol. The molecule has 5 heteroatoms. The Morgan fingerprint density at radius 2 is 2.17 bits per heavy atom. The first kappa shape index (κ1) is 10.5. The van der Waals surface area contributed by atoms with Gasteiger partial charge in [-0.05, 0) is 17.5 Å². The first-order valence-electron chi connectivity index (χ1n) is 5.37. The van der Waals surface area contributed by atoms with Crippen molar-refractivity contribution in [3.05, 3.63) is 48.4 Å². The van der Waals surface area contributed by atoms with Crippen LogP contribution in [-0.2, 0) is 0 Å². The number of aromatic nitrogens is 3. The third kappa shape index (κ3) is 1.62. The van der Waals surface area contributed by atoms with Gasteiger partial charge in [0, 0.05) is 23.3 Å². The lowest BCUT2D eigenvalue weighted by Crippen LogP contribution is -1.95. The van der Waals surface area contributed by atoms with Gasteiger partial charge in [-0.25, -0.2) is 4.79 Å². The molecule has 3 aromatic rings. The molecule has 0 radical (unpaired) electrons. The van der Waals surface area contributed by atoms with Gasteiger partial charge in [0.15, 0.2) is 0 Å². The molecule has 5 nitrogen and oxygen atoms in total. The molecule has 3 rings (SSSR count). The molecule has 0 amide bonds. The summed E-state index contributed by atoms with van der Waals surface area (Å²) < 4.78 is 0. The molecule has 0 bridgehead atoms. The van der Waals surface area contributed by atoms with E-state index in [0.29, 0.717) is 5.69 Å². The fraction of sp³-hybridized carbons (Fsp3) is 0. The SMILES string of the molecule is O=C(O)c1cc(-c2cccc3cnccc23)n[nH]1. The molecule has 1 aromatic carbocycles. The number of nitrogens with zero attached hydrogens (tertiary/aromatic N) is 2. The number of pyridine rings is 1. The summed E-state index contributed by atoms with van der Waals surface area (Å²) in [6.45, 7) is 0. The lowest BCUT2D eigenvalue weighted by atomic mass is 10.0. The number of fused-ring (bicyclic) bond motifs is 1. The topological polar surface area (TPSA) is 78.9 Å². The lowest BCUT2D eigenvalue weighted by molar-refractivity contribution is 0.0690. The maximum atomic E-state index is 10.8. The molecule has 2 N–H and O–H groups in total. The zero-order valence-corrected chi connectivity index (χ0v) is 9.29. The summed E-state index contributed by atoms with van der Waals surface area (Å²) >= 11 is 0. The molecule has 2 aromatic heterocycles. The van der Waals surface area contributed by atoms with Gasteiger partial charge >= 0.3 is 5.97 Å². The molecule has 0 aliphatic heterocycles. The summed E-state index contributed by atoms with van der Waals surface area (Å²) in [5, 5.41) is 17.4. The van der Waals surface area contributed by atoms with Crippen molar-refractivity contribution < 1.29 is 9.90 Å². The van der Waals surface area contributed by atoms with Crippen molar-refractivity contribution in [1.82, 2.24) is 15.2 Å². The van der Waals surface area contributed by atoms with Crippen LogP contribution in [0.3, 0.4) is 0 Å². The van der Waals surface area contributed by atoms with Crippen molar-refractivity contribution in [3.63, 3.8) is 0 Å². The first-order chi connectivity index (χ1) is 8.75. The van der Waals surface area contributed by atoms with Crippen LogP contribution < -0.4 is 0 Å². The van der Waals surface area contributed by atoms with E-state index in [1.165, 1.54) is 6.07 Å². The summed E-state index contributed by atoms with van der Waals surface area (Å²) in [4.78, 5) is 14.9. The number of benzene rings is 1. The van der Waals surface area contributed by atoms with E-state index in [2.05, 4.69) is 15.2 Å². The predicted octanol–water partition coefficient (Wildman–Crippen LogP) is 2.32. The van der Waals surface area contributed by atoms with E-state index in [4.69, 9.17) is 5.11 Å². The first-order valence-corrected chi connectivity index (χ1v) is 5.37. The summed E-state index contributed by atoms with van der Waals surface area (Å²) in [6, 6.07) is 9.17. The highest BCUT2D eigenvalue weighted by molar-refractivity contribution is 5.96. The predicted molar refractivity (Wildman–Crippen MR) is 66.3 cm³/mol. The lowest BCUT2D eigenvalue weighted by Gasteiger charge is -2.02. The highest BCUT2D eigenvalue weighted by Gasteiger charge is 2.11. The van der Waals surface area contributed by atoms with Crippen LogP contribution in [0.1, 0.15) is 10.5 Å². The van der Waals surface area contributed by atoms with Gasteiger partial charge in [0.05, 0.1) is 5.69 Å². The van der Waals surface area contributed by atoms with E-state index in [9.17, 15) is 4.79 Å². The summed E-state index contributed by atoms with van der Waals surface area (Å²) in [7, 11) is 0. The minimum Gasteiger partial charge on any atom is -0.477 e. The fourth-order valence-corrected chi connectivity index (χ4v) is 1.92. The molecule has 0 saturated carbocycles. The van der Waals surface area contributed by atoms with Crippen LogP contribution in [0.4, 0.5) is 0 Å². The number of aromatic carboxylic acids is 1. The number of carboxylic acids is 1. The van der Waals surface area contributed by atoms with Crippen molar-refractivity contribution in [2.75, 3.05) is 0 Å². The smallest absolute Gasteiger partial charge is 0.353 e. The van der Waals surface area contributed by atoms with E-state index in [1.807, 2.05) is 24.3 Å². The highest BCUT2D eigenvalue weighted by atomic mass is 16.4. The van der Waals surface area contributed by atoms with Crippen molar-refractivity contribution in [3.8, 4) is 11.3 Å². The molecule has 0 fully saturated rings. The third-order valence-corrected chi connectivity index (χ3v) is 2.76. The molecule has 2 heterocycles. The van der Waals surface area contributed by atoms with Crippen LogP contribution in [0.2, 0.25) is 0 Å². The minimum atomic E-state index is -1.02. The quantitative estimate of drug-likeness (QED) is 0.719. The third-order valence-electron chi connectivity index (χ3n) is 2.76. The van der Waals surface area contributed by atoms with Crippen molar-refractivity contribution in [2.24, 2.45) is 0 Å². The molecular weight excluding hydrogens is 230 g/mol. The van der Waals surface area contributed by atoms with E-state index in [0.717, 1.165) is 16.3 Å². The Morgan fingerprint density at radius 3 is 2.94 bits per heavy atom. The minimum absolute atomic E-state index is 0.0797. The van der Waals surface area contributed by atoms with Gasteiger partial charge < -0.3 is 5.11 Å². The van der Waals surface area contributed by atoms with Gasteiger partial charge in [-0.2, -0.15) is 5.10 Å². The molecular formula is C13H9N3O2. The molecule has 0 aliphatic rings. The standard InChI is InChI=1S/C13H9N3O2/c17-13(18)12-6-11(15-16-12)10-3-1-2-8-7-14-5-4-9(8)10/h1-7H,(H,15,16)(H,17,18). The number of carboxylic acid groups (broad SMARTS) is 1. The van der Waals surface area contributed by atoms with Gasteiger partial charge in [-0.15, -0.1) is 0 Å². The second kappa shape index (κ2) is 3.96. The summed E-state index contributed by atoms with van der Waals surface area (Å²) in [5.74, 6) is -1.02. The van der Waals surface area contributed by atoms with Gasteiger partial charge in [-0.3, -0.25) is 10.1 Å². The number of hydrogen-bond donors (Lipinski definition) is 2. The summed E-state index contributed by atoms with van der Waals surface area (Å²) in [5.41, 5.74) is 1.58. The Labute approximate surface area is 102 Å². The fourth-order valence-electron chi connectivity index (χ4n) is 1.92. The number of nitrogens with one attached hydrogen (secondary N) is 1. The van der Waals surface area contributed by atoms with Crippen LogP contribution in [0.25, 0.3) is 22.0 Å². The van der Waals surface area contributed by atoms with Crippen LogP contribution in [0.5, 0.6) is 0 Å².